The van der Waals surface area contributed by atoms with Gasteiger partial charge in [0.2, 0.25) is 0 Å². The zero-order valence-electron chi connectivity index (χ0n) is 8.59. The fraction of sp³-hybridized carbons (Fsp3) is 0.0909. The molecule has 1 aromatic carbocycles. The molecule has 0 fully saturated rings. The highest BCUT2D eigenvalue weighted by atomic mass is 35.5. The van der Waals surface area contributed by atoms with Crippen LogP contribution in [0.15, 0.2) is 34.9 Å². The molecule has 0 saturated heterocycles. The largest absolute Gasteiger partial charge is 0.487 e. The first-order valence-corrected chi connectivity index (χ1v) is 5.09. The summed E-state index contributed by atoms with van der Waals surface area (Å²) in [6.45, 7) is 0.122. The van der Waals surface area contributed by atoms with E-state index in [1.165, 1.54) is 6.26 Å². The first kappa shape index (κ1) is 11.5. The number of oxazole rings is 1. The molecular formula is C11H8ClNO4. The molecule has 1 heterocycles. The average molecular weight is 254 g/mol. The Morgan fingerprint density at radius 1 is 1.53 bits per heavy atom. The second-order valence-electron chi connectivity index (χ2n) is 3.20. The molecule has 0 aliphatic heterocycles. The van der Waals surface area contributed by atoms with Crippen LogP contribution in [0, 0.1) is 0 Å². The van der Waals surface area contributed by atoms with Crippen molar-refractivity contribution >= 4 is 17.6 Å². The predicted octanol–water partition coefficient (Wildman–Crippen LogP) is 2.61. The molecule has 2 aromatic rings. The molecule has 1 aromatic heterocycles. The van der Waals surface area contributed by atoms with Crippen LogP contribution in [0.25, 0.3) is 0 Å². The number of hydrogen-bond donors (Lipinski definition) is 1. The van der Waals surface area contributed by atoms with Crippen molar-refractivity contribution in [1.82, 2.24) is 4.98 Å². The van der Waals surface area contributed by atoms with Crippen molar-refractivity contribution in [3.8, 4) is 5.75 Å². The number of aromatic carboxylic acids is 1. The van der Waals surface area contributed by atoms with Gasteiger partial charge in [-0.15, -0.1) is 0 Å². The Hall–Kier alpha value is -2.01. The summed E-state index contributed by atoms with van der Waals surface area (Å²) in [5, 5.41) is 9.17. The molecule has 6 heteroatoms. The van der Waals surface area contributed by atoms with E-state index >= 15 is 0 Å². The summed E-state index contributed by atoms with van der Waals surface area (Å²) in [5.74, 6) is -0.980. The van der Waals surface area contributed by atoms with E-state index in [0.717, 1.165) is 0 Å². The van der Waals surface area contributed by atoms with E-state index in [9.17, 15) is 4.79 Å². The molecule has 0 bridgehead atoms. The molecule has 0 saturated carbocycles. The van der Waals surface area contributed by atoms with Crippen LogP contribution in [0.5, 0.6) is 5.75 Å². The third-order valence-electron chi connectivity index (χ3n) is 1.92. The molecule has 17 heavy (non-hydrogen) atoms. The Bertz CT molecular complexity index is 538. The first-order valence-electron chi connectivity index (χ1n) is 4.71. The molecule has 0 unspecified atom stereocenters. The number of halogens is 1. The van der Waals surface area contributed by atoms with Gasteiger partial charge in [-0.05, 0) is 18.2 Å². The van der Waals surface area contributed by atoms with Gasteiger partial charge in [0, 0.05) is 5.02 Å². The second-order valence-corrected chi connectivity index (χ2v) is 3.63. The number of aromatic nitrogens is 1. The van der Waals surface area contributed by atoms with E-state index in [0.29, 0.717) is 16.5 Å². The molecule has 5 nitrogen and oxygen atoms in total. The van der Waals surface area contributed by atoms with Crippen LogP contribution in [0.4, 0.5) is 0 Å². The lowest BCUT2D eigenvalue weighted by Crippen LogP contribution is -1.99. The standard InChI is InChI=1S/C11H8ClNO4/c12-7-2-1-3-9(4-7)16-5-8-6-17-10(13-8)11(14)15/h1-4,6H,5H2,(H,14,15). The first-order chi connectivity index (χ1) is 8.15. The maximum absolute atomic E-state index is 10.5. The molecule has 0 amide bonds. The molecule has 0 aliphatic rings. The normalized spacial score (nSPS) is 10.2. The van der Waals surface area contributed by atoms with E-state index in [1.54, 1.807) is 24.3 Å². The maximum atomic E-state index is 10.5. The van der Waals surface area contributed by atoms with Gasteiger partial charge in [0.15, 0.2) is 0 Å². The van der Waals surface area contributed by atoms with Crippen molar-refractivity contribution in [3.05, 3.63) is 47.1 Å². The van der Waals surface area contributed by atoms with Gasteiger partial charge in [0.1, 0.15) is 24.3 Å². The molecule has 0 aliphatic carbocycles. The molecule has 88 valence electrons. The summed E-state index contributed by atoms with van der Waals surface area (Å²) in [7, 11) is 0. The molecule has 1 N–H and O–H groups in total. The highest BCUT2D eigenvalue weighted by molar-refractivity contribution is 6.30. The number of nitrogens with zero attached hydrogens (tertiary/aromatic N) is 1. The number of ether oxygens (including phenoxy) is 1. The van der Waals surface area contributed by atoms with Crippen molar-refractivity contribution in [3.63, 3.8) is 0 Å². The Morgan fingerprint density at radius 2 is 2.35 bits per heavy atom. The summed E-state index contributed by atoms with van der Waals surface area (Å²) in [6.07, 6.45) is 1.24. The monoisotopic (exact) mass is 253 g/mol. The van der Waals surface area contributed by atoms with Gasteiger partial charge in [-0.3, -0.25) is 0 Å². The van der Waals surface area contributed by atoms with Gasteiger partial charge >= 0.3 is 11.9 Å². The lowest BCUT2D eigenvalue weighted by molar-refractivity contribution is 0.0653. The zero-order valence-corrected chi connectivity index (χ0v) is 9.35. The molecule has 0 spiro atoms. The second kappa shape index (κ2) is 4.88. The molecule has 2 rings (SSSR count). The van der Waals surface area contributed by atoms with Crippen molar-refractivity contribution < 1.29 is 19.1 Å². The van der Waals surface area contributed by atoms with Crippen molar-refractivity contribution in [2.45, 2.75) is 6.61 Å². The number of carboxylic acids is 1. The van der Waals surface area contributed by atoms with E-state index in [-0.39, 0.29) is 12.5 Å². The summed E-state index contributed by atoms with van der Waals surface area (Å²) < 4.78 is 10.1. The fourth-order valence-electron chi connectivity index (χ4n) is 1.19. The van der Waals surface area contributed by atoms with Crippen LogP contribution in [0.3, 0.4) is 0 Å². The maximum Gasteiger partial charge on any atom is 0.392 e. The summed E-state index contributed by atoms with van der Waals surface area (Å²) in [5.41, 5.74) is 0.405. The number of rotatable bonds is 4. The van der Waals surface area contributed by atoms with E-state index < -0.39 is 5.97 Å². The Labute approximate surface area is 102 Å². The van der Waals surface area contributed by atoms with Crippen molar-refractivity contribution in [2.24, 2.45) is 0 Å². The quantitative estimate of drug-likeness (QED) is 0.907. The Morgan fingerprint density at radius 3 is 3.00 bits per heavy atom. The van der Waals surface area contributed by atoms with Crippen molar-refractivity contribution in [2.75, 3.05) is 0 Å². The van der Waals surface area contributed by atoms with Gasteiger partial charge in [0.05, 0.1) is 0 Å². The lowest BCUT2D eigenvalue weighted by Gasteiger charge is -2.03. The van der Waals surface area contributed by atoms with Crippen LogP contribution >= 0.6 is 11.6 Å². The minimum atomic E-state index is -1.21. The lowest BCUT2D eigenvalue weighted by atomic mass is 10.3. The van der Waals surface area contributed by atoms with Crippen LogP contribution in [-0.2, 0) is 6.61 Å². The molecule has 0 radical (unpaired) electrons. The number of hydrogen-bond acceptors (Lipinski definition) is 4. The van der Waals surface area contributed by atoms with Crippen LogP contribution in [0.1, 0.15) is 16.4 Å². The van der Waals surface area contributed by atoms with Crippen molar-refractivity contribution in [1.29, 1.82) is 0 Å². The smallest absolute Gasteiger partial charge is 0.392 e. The average Bonchev–Trinajstić information content (AvgIpc) is 2.75. The topological polar surface area (TPSA) is 72.6 Å². The third kappa shape index (κ3) is 2.98. The Balaban J connectivity index is 2.00. The van der Waals surface area contributed by atoms with Crippen LogP contribution in [0.2, 0.25) is 5.02 Å². The van der Waals surface area contributed by atoms with Crippen LogP contribution < -0.4 is 4.74 Å². The number of benzene rings is 1. The highest BCUT2D eigenvalue weighted by Crippen LogP contribution is 2.18. The van der Waals surface area contributed by atoms with Gasteiger partial charge in [0.25, 0.3) is 0 Å². The van der Waals surface area contributed by atoms with E-state index in [2.05, 4.69) is 4.98 Å². The molecule has 0 atom stereocenters. The van der Waals surface area contributed by atoms with Gasteiger partial charge < -0.3 is 14.3 Å². The highest BCUT2D eigenvalue weighted by Gasteiger charge is 2.11. The van der Waals surface area contributed by atoms with E-state index in [1.807, 2.05) is 0 Å². The summed E-state index contributed by atoms with van der Waals surface area (Å²) >= 11 is 5.78. The fourth-order valence-corrected chi connectivity index (χ4v) is 1.37. The zero-order chi connectivity index (χ0) is 12.3. The summed E-state index contributed by atoms with van der Waals surface area (Å²) in [6, 6.07) is 6.88. The minimum absolute atomic E-state index is 0.122. The van der Waals surface area contributed by atoms with Gasteiger partial charge in [-0.1, -0.05) is 17.7 Å². The SMILES string of the molecule is O=C(O)c1nc(COc2cccc(Cl)c2)co1. The van der Waals surface area contributed by atoms with Gasteiger partial charge in [-0.2, -0.15) is 0 Å². The molecular weight excluding hydrogens is 246 g/mol. The van der Waals surface area contributed by atoms with Gasteiger partial charge in [-0.25, -0.2) is 9.78 Å². The Kier molecular flexibility index (Phi) is 3.30. The third-order valence-corrected chi connectivity index (χ3v) is 2.15. The van der Waals surface area contributed by atoms with E-state index in [4.69, 9.17) is 25.9 Å². The number of carbonyl (C=O) groups is 1. The predicted molar refractivity (Wildman–Crippen MR) is 59.2 cm³/mol. The number of carboxylic acid groups (broad SMARTS) is 1. The minimum Gasteiger partial charge on any atom is -0.487 e. The van der Waals surface area contributed by atoms with Crippen LogP contribution in [-0.4, -0.2) is 16.1 Å². The summed E-state index contributed by atoms with van der Waals surface area (Å²) in [4.78, 5) is 14.2.